The lowest BCUT2D eigenvalue weighted by molar-refractivity contribution is -0.00774. The molecule has 1 aromatic heterocycles. The quantitative estimate of drug-likeness (QED) is 0.885. The summed E-state index contributed by atoms with van der Waals surface area (Å²) < 4.78 is 37.6. The van der Waals surface area contributed by atoms with Crippen molar-refractivity contribution in [2.75, 3.05) is 19.8 Å². The van der Waals surface area contributed by atoms with Gasteiger partial charge in [0.05, 0.1) is 25.3 Å². The molecule has 2 heterocycles. The van der Waals surface area contributed by atoms with Gasteiger partial charge in [0, 0.05) is 12.6 Å². The van der Waals surface area contributed by atoms with E-state index in [9.17, 15) is 8.42 Å². The Morgan fingerprint density at radius 3 is 2.74 bits per heavy atom. The van der Waals surface area contributed by atoms with Crippen LogP contribution in [0.25, 0.3) is 0 Å². The zero-order chi connectivity index (χ0) is 14.3. The number of halogens is 1. The number of hydrogen-bond donors (Lipinski definition) is 1. The van der Waals surface area contributed by atoms with Crippen molar-refractivity contribution in [1.82, 2.24) is 4.31 Å². The average Bonchev–Trinajstić information content (AvgIpc) is 2.70. The summed E-state index contributed by atoms with van der Waals surface area (Å²) in [7, 11) is -3.63. The van der Waals surface area contributed by atoms with E-state index in [1.54, 1.807) is 0 Å². The van der Waals surface area contributed by atoms with Gasteiger partial charge in [0.25, 0.3) is 0 Å². The van der Waals surface area contributed by atoms with Crippen LogP contribution in [0.5, 0.6) is 0 Å². The largest absolute Gasteiger partial charge is 0.452 e. The number of nitrogens with zero attached hydrogens (tertiary/aromatic N) is 1. The highest BCUT2D eigenvalue weighted by Gasteiger charge is 2.41. The van der Waals surface area contributed by atoms with E-state index in [1.165, 1.54) is 10.4 Å². The Labute approximate surface area is 121 Å². The van der Waals surface area contributed by atoms with Crippen LogP contribution in [0, 0.1) is 0 Å². The second kappa shape index (κ2) is 5.17. The summed E-state index contributed by atoms with van der Waals surface area (Å²) in [5, 5.41) is 0. The Kier molecular flexibility index (Phi) is 4.08. The second-order valence-corrected chi connectivity index (χ2v) is 7.55. The molecule has 1 aliphatic heterocycles. The molecule has 6 nitrogen and oxygen atoms in total. The van der Waals surface area contributed by atoms with Crippen molar-refractivity contribution in [2.45, 2.75) is 30.8 Å². The number of nitrogens with two attached hydrogens (primary N) is 1. The van der Waals surface area contributed by atoms with Gasteiger partial charge in [0.1, 0.15) is 10.7 Å². The molecule has 2 rings (SSSR count). The van der Waals surface area contributed by atoms with E-state index in [2.05, 4.69) is 15.9 Å². The Morgan fingerprint density at radius 2 is 2.21 bits per heavy atom. The molecule has 1 aromatic rings. The maximum absolute atomic E-state index is 12.7. The third-order valence-corrected chi connectivity index (χ3v) is 6.01. The minimum Gasteiger partial charge on any atom is -0.452 e. The molecule has 1 saturated heterocycles. The molecule has 0 bridgehead atoms. The van der Waals surface area contributed by atoms with Crippen molar-refractivity contribution in [1.29, 1.82) is 0 Å². The fraction of sp³-hybridized carbons (Fsp3) is 0.636. The van der Waals surface area contributed by atoms with Crippen molar-refractivity contribution in [2.24, 2.45) is 5.73 Å². The smallest absolute Gasteiger partial charge is 0.248 e. The van der Waals surface area contributed by atoms with Gasteiger partial charge in [-0.2, -0.15) is 4.31 Å². The Morgan fingerprint density at radius 1 is 1.53 bits per heavy atom. The van der Waals surface area contributed by atoms with Gasteiger partial charge in [0.2, 0.25) is 10.0 Å². The minimum absolute atomic E-state index is 0.114. The van der Waals surface area contributed by atoms with Crippen molar-refractivity contribution < 1.29 is 17.6 Å². The van der Waals surface area contributed by atoms with Crippen LogP contribution in [0.15, 0.2) is 20.0 Å². The van der Waals surface area contributed by atoms with Gasteiger partial charge in [-0.3, -0.25) is 0 Å². The molecule has 0 aromatic carbocycles. The zero-order valence-corrected chi connectivity index (χ0v) is 13.3. The first kappa shape index (κ1) is 15.0. The molecule has 0 saturated carbocycles. The van der Waals surface area contributed by atoms with Gasteiger partial charge in [-0.1, -0.05) is 0 Å². The van der Waals surface area contributed by atoms with Crippen LogP contribution >= 0.6 is 15.9 Å². The van der Waals surface area contributed by atoms with Crippen LogP contribution in [-0.2, 0) is 21.3 Å². The van der Waals surface area contributed by atoms with Gasteiger partial charge in [-0.25, -0.2) is 8.42 Å². The number of morpholine rings is 1. The van der Waals surface area contributed by atoms with Crippen molar-refractivity contribution in [3.05, 3.63) is 16.5 Å². The summed E-state index contributed by atoms with van der Waals surface area (Å²) in [4.78, 5) is 0.114. The van der Waals surface area contributed by atoms with Gasteiger partial charge >= 0.3 is 0 Å². The molecule has 8 heteroatoms. The molecule has 0 atom stereocenters. The molecule has 108 valence electrons. The van der Waals surface area contributed by atoms with Crippen LogP contribution < -0.4 is 5.73 Å². The molecular weight excluding hydrogens is 336 g/mol. The first-order valence-corrected chi connectivity index (χ1v) is 8.11. The van der Waals surface area contributed by atoms with Crippen molar-refractivity contribution in [3.63, 3.8) is 0 Å². The van der Waals surface area contributed by atoms with Crippen molar-refractivity contribution in [3.8, 4) is 0 Å². The SMILES string of the molecule is CC1(C)COCCN1S(=O)(=O)c1cc(CN)oc1Br. The van der Waals surface area contributed by atoms with E-state index in [1.807, 2.05) is 13.8 Å². The van der Waals surface area contributed by atoms with Crippen LogP contribution in [0.3, 0.4) is 0 Å². The number of furan rings is 1. The lowest BCUT2D eigenvalue weighted by Crippen LogP contribution is -2.55. The number of sulfonamides is 1. The van der Waals surface area contributed by atoms with E-state index >= 15 is 0 Å². The van der Waals surface area contributed by atoms with Crippen LogP contribution in [0.2, 0.25) is 0 Å². The molecular formula is C11H17BrN2O4S. The topological polar surface area (TPSA) is 85.8 Å². The molecule has 2 N–H and O–H groups in total. The van der Waals surface area contributed by atoms with Crippen molar-refractivity contribution >= 4 is 26.0 Å². The van der Waals surface area contributed by atoms with E-state index in [-0.39, 0.29) is 16.1 Å². The molecule has 0 radical (unpaired) electrons. The Bertz CT molecular complexity index is 567. The highest BCUT2D eigenvalue weighted by Crippen LogP contribution is 2.33. The monoisotopic (exact) mass is 352 g/mol. The van der Waals surface area contributed by atoms with Gasteiger partial charge in [-0.15, -0.1) is 0 Å². The second-order valence-electron chi connectivity index (χ2n) is 5.00. The van der Waals surface area contributed by atoms with E-state index in [4.69, 9.17) is 14.9 Å². The third kappa shape index (κ3) is 2.73. The summed E-state index contributed by atoms with van der Waals surface area (Å²) in [5.74, 6) is 0.427. The summed E-state index contributed by atoms with van der Waals surface area (Å²) >= 11 is 3.14. The van der Waals surface area contributed by atoms with E-state index in [0.717, 1.165) is 0 Å². The Hall–Kier alpha value is -0.410. The molecule has 1 aliphatic rings. The number of ether oxygens (including phenoxy) is 1. The molecule has 19 heavy (non-hydrogen) atoms. The zero-order valence-electron chi connectivity index (χ0n) is 10.8. The summed E-state index contributed by atoms with van der Waals surface area (Å²) in [6.07, 6.45) is 0. The first-order chi connectivity index (χ1) is 8.79. The standard InChI is InChI=1S/C11H17BrN2O4S/c1-11(2)7-17-4-3-14(11)19(15,16)9-5-8(6-13)18-10(9)12/h5H,3-4,6-7,13H2,1-2H3. The fourth-order valence-corrected chi connectivity index (χ4v) is 4.80. The van der Waals surface area contributed by atoms with Gasteiger partial charge < -0.3 is 14.9 Å². The summed E-state index contributed by atoms with van der Waals surface area (Å²) in [6.45, 7) is 4.90. The predicted molar refractivity (Wildman–Crippen MR) is 73.1 cm³/mol. The maximum atomic E-state index is 12.7. The highest BCUT2D eigenvalue weighted by molar-refractivity contribution is 9.10. The molecule has 0 spiro atoms. The number of hydrogen-bond acceptors (Lipinski definition) is 5. The van der Waals surface area contributed by atoms with Crippen LogP contribution in [0.1, 0.15) is 19.6 Å². The minimum atomic E-state index is -3.63. The molecule has 1 fully saturated rings. The fourth-order valence-electron chi connectivity index (χ4n) is 2.08. The lowest BCUT2D eigenvalue weighted by Gasteiger charge is -2.40. The first-order valence-electron chi connectivity index (χ1n) is 5.88. The van der Waals surface area contributed by atoms with Gasteiger partial charge in [-0.05, 0) is 29.8 Å². The molecule has 0 aliphatic carbocycles. The predicted octanol–water partition coefficient (Wildman–Crippen LogP) is 1.30. The highest BCUT2D eigenvalue weighted by atomic mass is 79.9. The van der Waals surface area contributed by atoms with E-state index in [0.29, 0.717) is 25.5 Å². The normalized spacial score (nSPS) is 20.6. The van der Waals surface area contributed by atoms with Gasteiger partial charge in [0.15, 0.2) is 4.67 Å². The summed E-state index contributed by atoms with van der Waals surface area (Å²) in [6, 6.07) is 1.46. The third-order valence-electron chi connectivity index (χ3n) is 3.04. The lowest BCUT2D eigenvalue weighted by atomic mass is 10.1. The maximum Gasteiger partial charge on any atom is 0.248 e. The van der Waals surface area contributed by atoms with E-state index < -0.39 is 15.6 Å². The Balaban J connectivity index is 2.43. The summed E-state index contributed by atoms with van der Waals surface area (Å²) in [5.41, 5.74) is 4.88. The molecule has 0 amide bonds. The number of rotatable bonds is 3. The van der Waals surface area contributed by atoms with Crippen LogP contribution in [-0.4, -0.2) is 38.0 Å². The molecule has 0 unspecified atom stereocenters. The van der Waals surface area contributed by atoms with Crippen LogP contribution in [0.4, 0.5) is 0 Å². The average molecular weight is 353 g/mol.